The predicted octanol–water partition coefficient (Wildman–Crippen LogP) is 1.49. The van der Waals surface area contributed by atoms with Crippen molar-refractivity contribution >= 4 is 21.7 Å². The molecule has 1 aliphatic heterocycles. The lowest BCUT2D eigenvalue weighted by Crippen LogP contribution is -2.40. The van der Waals surface area contributed by atoms with E-state index in [1.54, 1.807) is 18.0 Å². The van der Waals surface area contributed by atoms with Crippen molar-refractivity contribution in [3.05, 3.63) is 16.4 Å². The molecule has 2 rings (SSSR count). The van der Waals surface area contributed by atoms with Gasteiger partial charge in [0.2, 0.25) is 0 Å². The van der Waals surface area contributed by atoms with Gasteiger partial charge in [-0.1, -0.05) is 6.92 Å². The molecule has 1 fully saturated rings. The fourth-order valence-electron chi connectivity index (χ4n) is 2.47. The predicted molar refractivity (Wildman–Crippen MR) is 82.5 cm³/mol. The topological polar surface area (TPSA) is 65.4 Å². The van der Waals surface area contributed by atoms with Crippen molar-refractivity contribution in [2.24, 2.45) is 5.92 Å². The molecule has 1 aromatic rings. The maximum atomic E-state index is 12.8. The first-order chi connectivity index (χ1) is 10.2. The summed E-state index contributed by atoms with van der Waals surface area (Å²) < 4.78 is 13.0. The van der Waals surface area contributed by atoms with Crippen LogP contribution in [0.3, 0.4) is 0 Å². The van der Waals surface area contributed by atoms with Gasteiger partial charge in [-0.25, -0.2) is 0 Å². The Labute approximate surface area is 133 Å². The lowest BCUT2D eigenvalue weighted by atomic mass is 9.96. The number of Topliss-reactive ketones (excluding diaryl/α,β-unsaturated/α-hetero) is 1. The Hall–Kier alpha value is -0.760. The molecular weight excluding hydrogens is 338 g/mol. The first kappa shape index (κ1) is 16.6. The molecule has 0 spiro atoms. The third-order valence-corrected chi connectivity index (χ3v) is 4.19. The molecule has 2 heterocycles. The summed E-state index contributed by atoms with van der Waals surface area (Å²) in [4.78, 5) is 12.8. The second-order valence-corrected chi connectivity index (χ2v) is 5.98. The van der Waals surface area contributed by atoms with Crippen LogP contribution in [0.2, 0.25) is 0 Å². The quantitative estimate of drug-likeness (QED) is 0.712. The summed E-state index contributed by atoms with van der Waals surface area (Å²) in [5.74, 6) is -0.0903. The standard InChI is InChI=1S/C14H22BrN3O3/c1-3-4-16-12-9-21-8-10(12)14(19)13-11(15)7-17-18(13)5-6-20-2/h7,10,12,16H,3-6,8-9H2,1-2H3. The summed E-state index contributed by atoms with van der Waals surface area (Å²) in [7, 11) is 1.63. The summed E-state index contributed by atoms with van der Waals surface area (Å²) in [6, 6.07) is 0.0788. The van der Waals surface area contributed by atoms with Gasteiger partial charge in [-0.05, 0) is 28.9 Å². The minimum atomic E-state index is -0.161. The van der Waals surface area contributed by atoms with E-state index < -0.39 is 0 Å². The van der Waals surface area contributed by atoms with Crippen LogP contribution in [0.1, 0.15) is 23.8 Å². The minimum Gasteiger partial charge on any atom is -0.383 e. The molecule has 1 saturated heterocycles. The molecule has 1 aromatic heterocycles. The molecule has 0 bridgehead atoms. The Morgan fingerprint density at radius 1 is 1.62 bits per heavy atom. The Bertz CT molecular complexity index is 478. The Morgan fingerprint density at radius 3 is 3.14 bits per heavy atom. The molecule has 2 unspecified atom stereocenters. The number of methoxy groups -OCH3 is 1. The molecule has 1 aliphatic rings. The van der Waals surface area contributed by atoms with E-state index in [1.807, 2.05) is 0 Å². The first-order valence-corrected chi connectivity index (χ1v) is 8.03. The number of hydrogen-bond acceptors (Lipinski definition) is 5. The van der Waals surface area contributed by atoms with E-state index in [1.165, 1.54) is 0 Å². The molecule has 1 N–H and O–H groups in total. The number of nitrogens with zero attached hydrogens (tertiary/aromatic N) is 2. The zero-order chi connectivity index (χ0) is 15.2. The van der Waals surface area contributed by atoms with Crippen LogP contribution >= 0.6 is 15.9 Å². The number of carbonyl (C=O) groups excluding carboxylic acids is 1. The van der Waals surface area contributed by atoms with Gasteiger partial charge in [0.05, 0.1) is 43.0 Å². The largest absolute Gasteiger partial charge is 0.383 e. The molecule has 0 radical (unpaired) electrons. The van der Waals surface area contributed by atoms with Gasteiger partial charge in [-0.3, -0.25) is 9.48 Å². The van der Waals surface area contributed by atoms with Gasteiger partial charge in [-0.2, -0.15) is 5.10 Å². The van der Waals surface area contributed by atoms with Gasteiger partial charge in [0.1, 0.15) is 5.69 Å². The van der Waals surface area contributed by atoms with Crippen LogP contribution in [0.5, 0.6) is 0 Å². The van der Waals surface area contributed by atoms with E-state index >= 15 is 0 Å². The molecule has 118 valence electrons. The normalized spacial score (nSPS) is 21.9. The molecule has 7 heteroatoms. The Morgan fingerprint density at radius 2 is 2.43 bits per heavy atom. The number of hydrogen-bond donors (Lipinski definition) is 1. The number of halogens is 1. The van der Waals surface area contributed by atoms with E-state index in [9.17, 15) is 4.79 Å². The van der Waals surface area contributed by atoms with Crippen LogP contribution in [0.25, 0.3) is 0 Å². The first-order valence-electron chi connectivity index (χ1n) is 7.24. The summed E-state index contributed by atoms with van der Waals surface area (Å²) >= 11 is 3.42. The van der Waals surface area contributed by atoms with Gasteiger partial charge < -0.3 is 14.8 Å². The SMILES string of the molecule is CCCNC1COCC1C(=O)c1c(Br)cnn1CCOC. The van der Waals surface area contributed by atoms with E-state index in [0.29, 0.717) is 32.1 Å². The highest BCUT2D eigenvalue weighted by Gasteiger charge is 2.36. The number of rotatable bonds is 8. The van der Waals surface area contributed by atoms with Gasteiger partial charge in [-0.15, -0.1) is 0 Å². The molecule has 0 aliphatic carbocycles. The number of aromatic nitrogens is 2. The summed E-state index contributed by atoms with van der Waals surface area (Å²) in [6.07, 6.45) is 2.69. The van der Waals surface area contributed by atoms with Crippen LogP contribution in [-0.4, -0.2) is 55.1 Å². The van der Waals surface area contributed by atoms with Crippen LogP contribution in [0, 0.1) is 5.92 Å². The molecular formula is C14H22BrN3O3. The number of ketones is 1. The van der Waals surface area contributed by atoms with Gasteiger partial charge in [0.25, 0.3) is 0 Å². The van der Waals surface area contributed by atoms with E-state index in [4.69, 9.17) is 9.47 Å². The molecule has 6 nitrogen and oxygen atoms in total. The second-order valence-electron chi connectivity index (χ2n) is 5.13. The highest BCUT2D eigenvalue weighted by Crippen LogP contribution is 2.24. The third-order valence-electron chi connectivity index (χ3n) is 3.61. The van der Waals surface area contributed by atoms with E-state index in [2.05, 4.69) is 33.3 Å². The number of ether oxygens (including phenoxy) is 2. The lowest BCUT2D eigenvalue weighted by molar-refractivity contribution is 0.0876. The van der Waals surface area contributed by atoms with Crippen molar-refractivity contribution in [2.45, 2.75) is 25.9 Å². The average Bonchev–Trinajstić information content (AvgIpc) is 3.09. The Balaban J connectivity index is 2.13. The van der Waals surface area contributed by atoms with Crippen molar-refractivity contribution in [1.82, 2.24) is 15.1 Å². The molecule has 21 heavy (non-hydrogen) atoms. The van der Waals surface area contributed by atoms with E-state index in [0.717, 1.165) is 17.4 Å². The molecule has 0 amide bonds. The minimum absolute atomic E-state index is 0.0709. The molecule has 0 saturated carbocycles. The van der Waals surface area contributed by atoms with Gasteiger partial charge in [0.15, 0.2) is 5.78 Å². The van der Waals surface area contributed by atoms with E-state index in [-0.39, 0.29) is 17.7 Å². The monoisotopic (exact) mass is 359 g/mol. The molecule has 0 aromatic carbocycles. The highest BCUT2D eigenvalue weighted by molar-refractivity contribution is 9.10. The zero-order valence-electron chi connectivity index (χ0n) is 12.5. The van der Waals surface area contributed by atoms with Crippen molar-refractivity contribution in [2.75, 3.05) is 33.5 Å². The van der Waals surface area contributed by atoms with Crippen molar-refractivity contribution in [3.63, 3.8) is 0 Å². The average molecular weight is 360 g/mol. The molecule has 2 atom stereocenters. The maximum absolute atomic E-state index is 12.8. The summed E-state index contributed by atoms with van der Waals surface area (Å²) in [5, 5.41) is 7.63. The van der Waals surface area contributed by atoms with Crippen molar-refractivity contribution < 1.29 is 14.3 Å². The third kappa shape index (κ3) is 3.91. The fraction of sp³-hybridized carbons (Fsp3) is 0.714. The van der Waals surface area contributed by atoms with Gasteiger partial charge in [0, 0.05) is 13.2 Å². The summed E-state index contributed by atoms with van der Waals surface area (Å²) in [5.41, 5.74) is 0.603. The fourth-order valence-corrected chi connectivity index (χ4v) is 2.97. The maximum Gasteiger partial charge on any atom is 0.189 e. The zero-order valence-corrected chi connectivity index (χ0v) is 14.1. The van der Waals surface area contributed by atoms with Crippen molar-refractivity contribution in [1.29, 1.82) is 0 Å². The van der Waals surface area contributed by atoms with Crippen LogP contribution in [0.15, 0.2) is 10.7 Å². The van der Waals surface area contributed by atoms with Gasteiger partial charge >= 0.3 is 0 Å². The highest BCUT2D eigenvalue weighted by atomic mass is 79.9. The summed E-state index contributed by atoms with van der Waals surface area (Å²) in [6.45, 7) is 5.12. The second kappa shape index (κ2) is 8.03. The Kier molecular flexibility index (Phi) is 6.35. The number of carbonyl (C=O) groups is 1. The smallest absolute Gasteiger partial charge is 0.189 e. The number of nitrogens with one attached hydrogen (secondary N) is 1. The van der Waals surface area contributed by atoms with Crippen LogP contribution in [-0.2, 0) is 16.0 Å². The van der Waals surface area contributed by atoms with Crippen LogP contribution in [0.4, 0.5) is 0 Å². The van der Waals surface area contributed by atoms with Crippen LogP contribution < -0.4 is 5.32 Å². The lowest BCUT2D eigenvalue weighted by Gasteiger charge is -2.18. The van der Waals surface area contributed by atoms with Crippen molar-refractivity contribution in [3.8, 4) is 0 Å².